The van der Waals surface area contributed by atoms with Gasteiger partial charge in [-0.25, -0.2) is 0 Å². The summed E-state index contributed by atoms with van der Waals surface area (Å²) in [6.07, 6.45) is 3.58. The van der Waals surface area contributed by atoms with Crippen molar-refractivity contribution < 1.29 is 14.6 Å². The summed E-state index contributed by atoms with van der Waals surface area (Å²) in [6.45, 7) is 3.93. The molecule has 0 amide bonds. The number of pyridine rings is 1. The van der Waals surface area contributed by atoms with Crippen molar-refractivity contribution in [2.45, 2.75) is 32.8 Å². The maximum Gasteiger partial charge on any atom is 0.193 e. The summed E-state index contributed by atoms with van der Waals surface area (Å²) in [6, 6.07) is 1.60. The summed E-state index contributed by atoms with van der Waals surface area (Å²) in [5, 5.41) is 9.98. The van der Waals surface area contributed by atoms with E-state index < -0.39 is 6.10 Å². The quantitative estimate of drug-likeness (QED) is 0.769. The third-order valence-corrected chi connectivity index (χ3v) is 3.00. The molecule has 1 aromatic heterocycles. The van der Waals surface area contributed by atoms with Gasteiger partial charge in [-0.05, 0) is 12.0 Å². The third kappa shape index (κ3) is 3.27. The van der Waals surface area contributed by atoms with Gasteiger partial charge in [0.25, 0.3) is 0 Å². The molecule has 0 bridgehead atoms. The number of carbonyl (C=O) groups is 1. The van der Waals surface area contributed by atoms with Crippen LogP contribution >= 0.6 is 0 Å². The van der Waals surface area contributed by atoms with Crippen LogP contribution in [0.15, 0.2) is 18.5 Å². The van der Waals surface area contributed by atoms with Crippen molar-refractivity contribution in [2.75, 3.05) is 7.11 Å². The van der Waals surface area contributed by atoms with Crippen LogP contribution < -0.4 is 4.74 Å². The number of hydrogen-bond acceptors (Lipinski definition) is 4. The molecule has 0 saturated heterocycles. The maximum atomic E-state index is 12.0. The molecule has 0 saturated carbocycles. The van der Waals surface area contributed by atoms with Crippen LogP contribution in [0.1, 0.15) is 37.0 Å². The number of ketones is 1. The highest BCUT2D eigenvalue weighted by Crippen LogP contribution is 2.19. The summed E-state index contributed by atoms with van der Waals surface area (Å²) in [4.78, 5) is 15.9. The number of Topliss-reactive ketones (excluding diaryl/α,β-unsaturated/α-hetero) is 1. The summed E-state index contributed by atoms with van der Waals surface area (Å²) >= 11 is 0. The van der Waals surface area contributed by atoms with Crippen molar-refractivity contribution in [1.82, 2.24) is 4.98 Å². The molecule has 94 valence electrons. The number of aromatic nitrogens is 1. The van der Waals surface area contributed by atoms with E-state index >= 15 is 0 Å². The largest absolute Gasteiger partial charge is 0.495 e. The second-order valence-corrected chi connectivity index (χ2v) is 4.00. The van der Waals surface area contributed by atoms with Crippen molar-refractivity contribution in [3.05, 3.63) is 24.0 Å². The van der Waals surface area contributed by atoms with Crippen molar-refractivity contribution in [3.63, 3.8) is 0 Å². The average molecular weight is 237 g/mol. The van der Waals surface area contributed by atoms with Crippen molar-refractivity contribution in [1.29, 1.82) is 0 Å². The Morgan fingerprint density at radius 2 is 2.06 bits per heavy atom. The molecule has 0 spiro atoms. The standard InChI is InChI=1S/C13H19NO3/c1-4-9(5-2)12(15)13(16)10-6-11(17-3)8-14-7-10/h6-9,12,15H,4-5H2,1-3H3. The normalized spacial score (nSPS) is 12.5. The van der Waals surface area contributed by atoms with E-state index in [1.54, 1.807) is 6.07 Å². The van der Waals surface area contributed by atoms with Crippen molar-refractivity contribution >= 4 is 5.78 Å². The molecule has 0 aliphatic carbocycles. The second-order valence-electron chi connectivity index (χ2n) is 4.00. The fourth-order valence-corrected chi connectivity index (χ4v) is 1.79. The van der Waals surface area contributed by atoms with Crippen LogP contribution in [0.4, 0.5) is 0 Å². The molecule has 0 aliphatic rings. The summed E-state index contributed by atoms with van der Waals surface area (Å²) in [7, 11) is 1.52. The fourth-order valence-electron chi connectivity index (χ4n) is 1.79. The van der Waals surface area contributed by atoms with E-state index in [4.69, 9.17) is 4.74 Å². The van der Waals surface area contributed by atoms with Crippen LogP contribution in [-0.2, 0) is 0 Å². The Bertz CT molecular complexity index is 375. The van der Waals surface area contributed by atoms with Crippen LogP contribution in [0.25, 0.3) is 0 Å². The third-order valence-electron chi connectivity index (χ3n) is 3.00. The lowest BCUT2D eigenvalue weighted by Gasteiger charge is -2.18. The first kappa shape index (κ1) is 13.6. The minimum atomic E-state index is -0.959. The highest BCUT2D eigenvalue weighted by Gasteiger charge is 2.24. The van der Waals surface area contributed by atoms with Gasteiger partial charge >= 0.3 is 0 Å². The number of ether oxygens (including phenoxy) is 1. The van der Waals surface area contributed by atoms with Crippen LogP contribution in [0, 0.1) is 5.92 Å². The SMILES string of the molecule is CCC(CC)C(O)C(=O)c1cncc(OC)c1. The predicted molar refractivity (Wildman–Crippen MR) is 65.2 cm³/mol. The van der Waals surface area contributed by atoms with E-state index in [1.807, 2.05) is 13.8 Å². The lowest BCUT2D eigenvalue weighted by atomic mass is 9.91. The second kappa shape index (κ2) is 6.35. The molecule has 4 heteroatoms. The summed E-state index contributed by atoms with van der Waals surface area (Å²) < 4.78 is 5.00. The molecule has 17 heavy (non-hydrogen) atoms. The van der Waals surface area contributed by atoms with Gasteiger partial charge in [0.05, 0.1) is 13.3 Å². The highest BCUT2D eigenvalue weighted by atomic mass is 16.5. The molecule has 0 aliphatic heterocycles. The van der Waals surface area contributed by atoms with Crippen molar-refractivity contribution in [2.24, 2.45) is 5.92 Å². The van der Waals surface area contributed by atoms with Gasteiger partial charge in [-0.2, -0.15) is 0 Å². The predicted octanol–water partition coefficient (Wildman–Crippen LogP) is 2.07. The Kier molecular flexibility index (Phi) is 5.10. The number of nitrogens with zero attached hydrogens (tertiary/aromatic N) is 1. The number of aliphatic hydroxyl groups excluding tert-OH is 1. The fraction of sp³-hybridized carbons (Fsp3) is 0.538. The zero-order valence-corrected chi connectivity index (χ0v) is 10.5. The van der Waals surface area contributed by atoms with Crippen molar-refractivity contribution in [3.8, 4) is 5.75 Å². The molecule has 1 rings (SSSR count). The first-order valence-corrected chi connectivity index (χ1v) is 5.85. The Morgan fingerprint density at radius 3 is 2.59 bits per heavy atom. The van der Waals surface area contributed by atoms with E-state index in [9.17, 15) is 9.90 Å². The molecule has 1 heterocycles. The number of hydrogen-bond donors (Lipinski definition) is 1. The molecule has 1 N–H and O–H groups in total. The summed E-state index contributed by atoms with van der Waals surface area (Å²) in [5.74, 6) is 0.228. The van der Waals surface area contributed by atoms with Crippen LogP contribution in [0.2, 0.25) is 0 Å². The van der Waals surface area contributed by atoms with Gasteiger partial charge < -0.3 is 9.84 Å². The van der Waals surface area contributed by atoms with E-state index in [2.05, 4.69) is 4.98 Å². The first-order valence-electron chi connectivity index (χ1n) is 5.85. The Balaban J connectivity index is 2.87. The molecule has 0 aromatic carbocycles. The van der Waals surface area contributed by atoms with Gasteiger partial charge in [-0.1, -0.05) is 26.7 Å². The maximum absolute atomic E-state index is 12.0. The van der Waals surface area contributed by atoms with Gasteiger partial charge in [0.15, 0.2) is 5.78 Å². The molecule has 4 nitrogen and oxygen atoms in total. The Labute approximate surface area is 102 Å². The van der Waals surface area contributed by atoms with Gasteiger partial charge in [-0.3, -0.25) is 9.78 Å². The monoisotopic (exact) mass is 237 g/mol. The van der Waals surface area contributed by atoms with Crippen LogP contribution in [0.3, 0.4) is 0 Å². The topological polar surface area (TPSA) is 59.4 Å². The van der Waals surface area contributed by atoms with E-state index in [-0.39, 0.29) is 11.7 Å². The number of carbonyl (C=O) groups excluding carboxylic acids is 1. The first-order chi connectivity index (χ1) is 8.13. The Morgan fingerprint density at radius 1 is 1.41 bits per heavy atom. The van der Waals surface area contributed by atoms with Gasteiger partial charge in [-0.15, -0.1) is 0 Å². The molecule has 1 unspecified atom stereocenters. The van der Waals surface area contributed by atoms with Crippen LogP contribution in [-0.4, -0.2) is 29.1 Å². The number of methoxy groups -OCH3 is 1. The smallest absolute Gasteiger partial charge is 0.193 e. The molecule has 1 atom stereocenters. The lowest BCUT2D eigenvalue weighted by Crippen LogP contribution is -2.29. The molecule has 1 aromatic rings. The van der Waals surface area contributed by atoms with Gasteiger partial charge in [0, 0.05) is 11.8 Å². The summed E-state index contributed by atoms with van der Waals surface area (Å²) in [5.41, 5.74) is 0.392. The van der Waals surface area contributed by atoms with E-state index in [1.165, 1.54) is 19.5 Å². The van der Waals surface area contributed by atoms with Crippen LogP contribution in [0.5, 0.6) is 5.75 Å². The minimum absolute atomic E-state index is 0.00583. The zero-order chi connectivity index (χ0) is 12.8. The molecule has 0 radical (unpaired) electrons. The zero-order valence-electron chi connectivity index (χ0n) is 10.5. The van der Waals surface area contributed by atoms with Gasteiger partial charge in [0.1, 0.15) is 11.9 Å². The Hall–Kier alpha value is -1.42. The number of aliphatic hydroxyl groups is 1. The van der Waals surface area contributed by atoms with Gasteiger partial charge in [0.2, 0.25) is 0 Å². The molecular weight excluding hydrogens is 218 g/mol. The highest BCUT2D eigenvalue weighted by molar-refractivity contribution is 5.99. The average Bonchev–Trinajstić information content (AvgIpc) is 2.39. The number of rotatable bonds is 6. The lowest BCUT2D eigenvalue weighted by molar-refractivity contribution is 0.0587. The van der Waals surface area contributed by atoms with E-state index in [0.717, 1.165) is 12.8 Å². The minimum Gasteiger partial charge on any atom is -0.495 e. The molecular formula is C13H19NO3. The van der Waals surface area contributed by atoms with E-state index in [0.29, 0.717) is 11.3 Å². The molecule has 0 fully saturated rings.